The Morgan fingerprint density at radius 2 is 1.34 bits per heavy atom. The quantitative estimate of drug-likeness (QED) is 0.193. The smallest absolute Gasteiger partial charge is 0.261 e. The molecule has 11 heteroatoms. The van der Waals surface area contributed by atoms with Gasteiger partial charge in [0.15, 0.2) is 0 Å². The van der Waals surface area contributed by atoms with Crippen LogP contribution < -0.4 is 24.8 Å². The van der Waals surface area contributed by atoms with Crippen molar-refractivity contribution in [3.8, 4) is 11.5 Å². The molecule has 4 aromatic carbocycles. The number of anilines is 3. The Hall–Kier alpha value is -4.80. The molecule has 0 atom stereocenters. The van der Waals surface area contributed by atoms with E-state index in [1.165, 1.54) is 44.6 Å². The molecule has 41 heavy (non-hydrogen) atoms. The van der Waals surface area contributed by atoms with Gasteiger partial charge in [0, 0.05) is 23.8 Å². The zero-order valence-corrected chi connectivity index (χ0v) is 23.6. The molecule has 0 radical (unpaired) electrons. The minimum absolute atomic E-state index is 0.0373. The number of rotatable bonds is 10. The molecule has 0 aliphatic rings. The van der Waals surface area contributed by atoms with E-state index in [2.05, 4.69) is 15.4 Å². The van der Waals surface area contributed by atoms with Crippen LogP contribution >= 0.6 is 11.6 Å². The predicted molar refractivity (Wildman–Crippen MR) is 160 cm³/mol. The van der Waals surface area contributed by atoms with Crippen LogP contribution in [-0.2, 0) is 14.8 Å². The highest BCUT2D eigenvalue weighted by molar-refractivity contribution is 7.92. The third-order valence-corrected chi connectivity index (χ3v) is 7.51. The molecule has 0 saturated carbocycles. The third kappa shape index (κ3) is 7.44. The fraction of sp³-hybridized carbons (Fsp3) is 0.0667. The Balaban J connectivity index is 1.44. The van der Waals surface area contributed by atoms with E-state index in [1.54, 1.807) is 66.7 Å². The molecule has 0 aromatic heterocycles. The molecule has 210 valence electrons. The average molecular weight is 592 g/mol. The van der Waals surface area contributed by atoms with Gasteiger partial charge in [0.05, 0.1) is 41.2 Å². The van der Waals surface area contributed by atoms with E-state index in [4.69, 9.17) is 21.1 Å². The summed E-state index contributed by atoms with van der Waals surface area (Å²) in [5.41, 5.74) is 2.03. The fourth-order valence-electron chi connectivity index (χ4n) is 3.73. The zero-order chi connectivity index (χ0) is 29.4. The molecule has 4 rings (SSSR count). The number of hydrogen-bond donors (Lipinski definition) is 3. The molecular weight excluding hydrogens is 566 g/mol. The van der Waals surface area contributed by atoms with Crippen molar-refractivity contribution in [1.82, 2.24) is 0 Å². The number of halogens is 1. The van der Waals surface area contributed by atoms with Crippen LogP contribution in [0.3, 0.4) is 0 Å². The number of methoxy groups -OCH3 is 2. The number of hydrogen-bond acceptors (Lipinski definition) is 6. The predicted octanol–water partition coefficient (Wildman–Crippen LogP) is 6.06. The van der Waals surface area contributed by atoms with Gasteiger partial charge in [-0.05, 0) is 48.0 Å². The summed E-state index contributed by atoms with van der Waals surface area (Å²) in [4.78, 5) is 25.3. The molecule has 0 spiro atoms. The first kappa shape index (κ1) is 29.2. The van der Waals surface area contributed by atoms with Crippen LogP contribution in [0.15, 0.2) is 102 Å². The Morgan fingerprint density at radius 1 is 0.756 bits per heavy atom. The van der Waals surface area contributed by atoms with Gasteiger partial charge in [-0.15, -0.1) is 0 Å². The summed E-state index contributed by atoms with van der Waals surface area (Å²) in [6, 6.07) is 24.3. The largest absolute Gasteiger partial charge is 0.494 e. The monoisotopic (exact) mass is 591 g/mol. The summed E-state index contributed by atoms with van der Waals surface area (Å²) in [6.45, 7) is 0. The first-order valence-electron chi connectivity index (χ1n) is 12.2. The van der Waals surface area contributed by atoms with Crippen molar-refractivity contribution < 1.29 is 27.5 Å². The number of carbonyl (C=O) groups excluding carboxylic acids is 2. The maximum Gasteiger partial charge on any atom is 0.261 e. The first-order chi connectivity index (χ1) is 19.7. The fourth-order valence-corrected chi connectivity index (χ4v) is 5.05. The van der Waals surface area contributed by atoms with Gasteiger partial charge in [-0.25, -0.2) is 8.42 Å². The lowest BCUT2D eigenvalue weighted by Gasteiger charge is -2.16. The lowest BCUT2D eigenvalue weighted by molar-refractivity contribution is -0.111. The molecule has 3 N–H and O–H groups in total. The van der Waals surface area contributed by atoms with Gasteiger partial charge in [-0.1, -0.05) is 54.1 Å². The van der Waals surface area contributed by atoms with Crippen molar-refractivity contribution >= 4 is 56.6 Å². The van der Waals surface area contributed by atoms with Crippen LogP contribution in [-0.4, -0.2) is 34.5 Å². The van der Waals surface area contributed by atoms with Gasteiger partial charge >= 0.3 is 0 Å². The van der Waals surface area contributed by atoms with Gasteiger partial charge in [0.1, 0.15) is 11.5 Å². The van der Waals surface area contributed by atoms with Gasteiger partial charge in [-0.3, -0.25) is 14.3 Å². The number of carbonyl (C=O) groups is 2. The number of sulfonamides is 1. The van der Waals surface area contributed by atoms with Crippen LogP contribution in [0, 0.1) is 0 Å². The molecule has 2 amide bonds. The zero-order valence-electron chi connectivity index (χ0n) is 22.1. The van der Waals surface area contributed by atoms with Crippen molar-refractivity contribution in [2.75, 3.05) is 29.6 Å². The van der Waals surface area contributed by atoms with Crippen molar-refractivity contribution in [1.29, 1.82) is 0 Å². The van der Waals surface area contributed by atoms with Gasteiger partial charge in [-0.2, -0.15) is 0 Å². The Kier molecular flexibility index (Phi) is 9.28. The molecular formula is C30H26ClN3O6S. The average Bonchev–Trinajstić information content (AvgIpc) is 2.98. The van der Waals surface area contributed by atoms with Gasteiger partial charge in [0.2, 0.25) is 5.91 Å². The number of benzene rings is 4. The topological polar surface area (TPSA) is 123 Å². The Bertz CT molecular complexity index is 1690. The number of nitrogens with one attached hydrogen (secondary N) is 3. The van der Waals surface area contributed by atoms with Crippen LogP contribution in [0.1, 0.15) is 15.9 Å². The van der Waals surface area contributed by atoms with Crippen LogP contribution in [0.25, 0.3) is 6.08 Å². The van der Waals surface area contributed by atoms with E-state index < -0.39 is 15.9 Å². The molecule has 0 aliphatic carbocycles. The molecule has 0 unspecified atom stereocenters. The van der Waals surface area contributed by atoms with E-state index in [0.29, 0.717) is 34.0 Å². The van der Waals surface area contributed by atoms with Crippen molar-refractivity contribution in [2.24, 2.45) is 0 Å². The van der Waals surface area contributed by atoms with Crippen LogP contribution in [0.4, 0.5) is 17.1 Å². The van der Waals surface area contributed by atoms with Crippen molar-refractivity contribution in [3.05, 3.63) is 113 Å². The highest BCUT2D eigenvalue weighted by atomic mass is 35.5. The summed E-state index contributed by atoms with van der Waals surface area (Å²) in [5.74, 6) is -0.180. The standard InChI is InChI=1S/C30H26ClN3O6S/c1-39-27-19-26(33-30(36)21-8-4-3-5-9-21)28(40-2)18-25(27)32-29(35)17-14-20-12-15-22(16-13-20)41(37,38)34-24-11-7-6-10-23(24)31/h3-19,34H,1-2H3,(H,32,35)(H,33,36)/b17-14+. The maximum atomic E-state index is 12.7. The number of amides is 2. The molecule has 0 fully saturated rings. The summed E-state index contributed by atoms with van der Waals surface area (Å²) < 4.78 is 38.7. The Morgan fingerprint density at radius 3 is 1.95 bits per heavy atom. The SMILES string of the molecule is COc1cc(NC(=O)c2ccccc2)c(OC)cc1NC(=O)/C=C/c1ccc(S(=O)(=O)Nc2ccccc2Cl)cc1. The van der Waals surface area contributed by atoms with Crippen molar-refractivity contribution in [3.63, 3.8) is 0 Å². The minimum atomic E-state index is -3.86. The highest BCUT2D eigenvalue weighted by Crippen LogP contribution is 2.36. The minimum Gasteiger partial charge on any atom is -0.494 e. The van der Waals surface area contributed by atoms with E-state index in [9.17, 15) is 18.0 Å². The van der Waals surface area contributed by atoms with E-state index in [0.717, 1.165) is 0 Å². The normalized spacial score (nSPS) is 11.1. The van der Waals surface area contributed by atoms with Gasteiger partial charge < -0.3 is 20.1 Å². The number of ether oxygens (including phenoxy) is 2. The molecule has 0 heterocycles. The second kappa shape index (κ2) is 13.0. The van der Waals surface area contributed by atoms with Crippen LogP contribution in [0.2, 0.25) is 5.02 Å². The maximum absolute atomic E-state index is 12.7. The lowest BCUT2D eigenvalue weighted by atomic mass is 10.2. The lowest BCUT2D eigenvalue weighted by Crippen LogP contribution is -2.14. The molecule has 0 saturated heterocycles. The summed E-state index contributed by atoms with van der Waals surface area (Å²) >= 11 is 6.05. The highest BCUT2D eigenvalue weighted by Gasteiger charge is 2.17. The molecule has 9 nitrogen and oxygen atoms in total. The first-order valence-corrected chi connectivity index (χ1v) is 14.0. The summed E-state index contributed by atoms with van der Waals surface area (Å²) in [7, 11) is -0.975. The van der Waals surface area contributed by atoms with Crippen molar-refractivity contribution in [2.45, 2.75) is 4.90 Å². The molecule has 0 aliphatic heterocycles. The van der Waals surface area contributed by atoms with Crippen LogP contribution in [0.5, 0.6) is 11.5 Å². The summed E-state index contributed by atoms with van der Waals surface area (Å²) in [5, 5.41) is 5.79. The second-order valence-corrected chi connectivity index (χ2v) is 10.6. The van der Waals surface area contributed by atoms with Gasteiger partial charge in [0.25, 0.3) is 15.9 Å². The second-order valence-electron chi connectivity index (χ2n) is 8.55. The summed E-state index contributed by atoms with van der Waals surface area (Å²) in [6.07, 6.45) is 2.83. The number of para-hydroxylation sites is 1. The van der Waals surface area contributed by atoms with E-state index >= 15 is 0 Å². The molecule has 4 aromatic rings. The van der Waals surface area contributed by atoms with E-state index in [1.807, 2.05) is 6.07 Å². The molecule has 0 bridgehead atoms. The third-order valence-electron chi connectivity index (χ3n) is 5.80. The Labute approximate surface area is 242 Å². The van der Waals surface area contributed by atoms with E-state index in [-0.39, 0.29) is 21.5 Å².